The van der Waals surface area contributed by atoms with Crippen molar-refractivity contribution < 1.29 is 80.2 Å². The Kier molecular flexibility index (Phi) is 70.8. The summed E-state index contributed by atoms with van der Waals surface area (Å²) in [6.45, 7) is 4.78. The Hall–Kier alpha value is -3.76. The summed E-state index contributed by atoms with van der Waals surface area (Å²) in [7, 11) is -9.97. The van der Waals surface area contributed by atoms with Gasteiger partial charge < -0.3 is 33.8 Å². The van der Waals surface area contributed by atoms with E-state index in [0.717, 1.165) is 122 Å². The van der Waals surface area contributed by atoms with Crippen molar-refractivity contribution in [2.45, 2.75) is 367 Å². The molecule has 0 rings (SSSR count). The lowest BCUT2D eigenvalue weighted by Crippen LogP contribution is -2.30. The largest absolute Gasteiger partial charge is 0.472 e. The number of unbranched alkanes of at least 4 members (excludes halogenated alkanes) is 36. The van der Waals surface area contributed by atoms with E-state index in [9.17, 15) is 43.2 Å². The van der Waals surface area contributed by atoms with E-state index in [1.54, 1.807) is 0 Å². The Morgan fingerprint density at radius 3 is 0.890 bits per heavy atom. The van der Waals surface area contributed by atoms with E-state index in [2.05, 4.69) is 101 Å². The fourth-order valence-electron chi connectivity index (χ4n) is 10.7. The molecule has 0 aromatic rings. The first-order chi connectivity index (χ1) is 48.7. The molecule has 0 aliphatic carbocycles. The van der Waals surface area contributed by atoms with E-state index >= 15 is 0 Å². The Balaban J connectivity index is 5.41. The number of ether oxygens (including phenoxy) is 4. The van der Waals surface area contributed by atoms with E-state index in [0.29, 0.717) is 32.1 Å². The highest BCUT2D eigenvalue weighted by atomic mass is 31.2. The van der Waals surface area contributed by atoms with Crippen LogP contribution in [0.25, 0.3) is 0 Å². The van der Waals surface area contributed by atoms with E-state index in [1.165, 1.54) is 141 Å². The number of aliphatic hydroxyl groups is 1. The molecule has 2 unspecified atom stereocenters. The molecule has 0 aromatic heterocycles. The van der Waals surface area contributed by atoms with Crippen LogP contribution in [0.1, 0.15) is 349 Å². The van der Waals surface area contributed by atoms with Crippen LogP contribution in [0.2, 0.25) is 0 Å². The number of hydrogen-bond donors (Lipinski definition) is 3. The highest BCUT2D eigenvalue weighted by Crippen LogP contribution is 2.45. The van der Waals surface area contributed by atoms with Crippen molar-refractivity contribution in [3.05, 3.63) is 85.1 Å². The fourth-order valence-corrected chi connectivity index (χ4v) is 12.3. The van der Waals surface area contributed by atoms with Gasteiger partial charge in [0.1, 0.15) is 19.3 Å². The van der Waals surface area contributed by atoms with Crippen LogP contribution in [-0.2, 0) is 65.4 Å². The highest BCUT2D eigenvalue weighted by Gasteiger charge is 2.30. The topological polar surface area (TPSA) is 237 Å². The molecule has 3 N–H and O–H groups in total. The van der Waals surface area contributed by atoms with Gasteiger partial charge in [0.2, 0.25) is 0 Å². The normalized spacial score (nSPS) is 14.3. The van der Waals surface area contributed by atoms with Gasteiger partial charge in [-0.2, -0.15) is 0 Å². The predicted octanol–water partition coefficient (Wildman–Crippen LogP) is 23.0. The second kappa shape index (κ2) is 73.5. The quantitative estimate of drug-likeness (QED) is 0.0128. The fraction of sp³-hybridized carbons (Fsp3) is 0.778. The van der Waals surface area contributed by atoms with E-state index in [1.807, 2.05) is 12.2 Å². The summed E-state index contributed by atoms with van der Waals surface area (Å²) in [5.41, 5.74) is 0. The number of carbonyl (C=O) groups is 4. The zero-order valence-corrected chi connectivity index (χ0v) is 65.2. The monoisotopic (exact) mass is 1450 g/mol. The summed E-state index contributed by atoms with van der Waals surface area (Å²) in [6, 6.07) is 0. The lowest BCUT2D eigenvalue weighted by atomic mass is 10.0. The zero-order valence-electron chi connectivity index (χ0n) is 63.4. The average Bonchev–Trinajstić information content (AvgIpc) is 1.22. The number of hydrogen-bond acceptors (Lipinski definition) is 15. The second-order valence-electron chi connectivity index (χ2n) is 26.7. The Bertz CT molecular complexity index is 2230. The third kappa shape index (κ3) is 72.6. The molecule has 19 heteroatoms. The third-order valence-corrected chi connectivity index (χ3v) is 18.8. The lowest BCUT2D eigenvalue weighted by Gasteiger charge is -2.21. The number of rotatable bonds is 75. The van der Waals surface area contributed by atoms with Crippen LogP contribution in [0.3, 0.4) is 0 Å². The molecule has 0 aromatic carbocycles. The van der Waals surface area contributed by atoms with Gasteiger partial charge in [-0.15, -0.1) is 0 Å². The average molecular weight is 1450 g/mol. The van der Waals surface area contributed by atoms with Gasteiger partial charge in [0.05, 0.1) is 26.4 Å². The number of carbonyl (C=O) groups excluding carboxylic acids is 4. The maximum absolute atomic E-state index is 13.1. The summed E-state index contributed by atoms with van der Waals surface area (Å²) >= 11 is 0. The van der Waals surface area contributed by atoms with Crippen molar-refractivity contribution in [1.29, 1.82) is 0 Å². The zero-order chi connectivity index (χ0) is 73.2. The Morgan fingerprint density at radius 1 is 0.290 bits per heavy atom. The molecule has 0 fully saturated rings. The van der Waals surface area contributed by atoms with Crippen LogP contribution in [0, 0.1) is 0 Å². The van der Waals surface area contributed by atoms with Gasteiger partial charge in [-0.1, -0.05) is 293 Å². The third-order valence-electron chi connectivity index (χ3n) is 16.9. The smallest absolute Gasteiger partial charge is 0.462 e. The highest BCUT2D eigenvalue weighted by molar-refractivity contribution is 7.47. The van der Waals surface area contributed by atoms with Gasteiger partial charge in [0.25, 0.3) is 0 Å². The van der Waals surface area contributed by atoms with Crippen molar-refractivity contribution in [1.82, 2.24) is 0 Å². The van der Waals surface area contributed by atoms with Gasteiger partial charge in [-0.3, -0.25) is 37.3 Å². The molecular weight excluding hydrogens is 1310 g/mol. The van der Waals surface area contributed by atoms with E-state index in [-0.39, 0.29) is 25.7 Å². The molecule has 0 bridgehead atoms. The number of aliphatic hydroxyl groups excluding tert-OH is 1. The second-order valence-corrected chi connectivity index (χ2v) is 29.6. The number of allylic oxidation sites excluding steroid dienone is 14. The van der Waals surface area contributed by atoms with Gasteiger partial charge in [0.15, 0.2) is 12.2 Å². The number of phosphoric ester groups is 2. The first kappa shape index (κ1) is 96.2. The Morgan fingerprint density at radius 2 is 0.530 bits per heavy atom. The maximum Gasteiger partial charge on any atom is 0.472 e. The summed E-state index contributed by atoms with van der Waals surface area (Å²) in [5.74, 6) is -2.24. The molecule has 0 aliphatic heterocycles. The first-order valence-corrected chi connectivity index (χ1v) is 42.8. The van der Waals surface area contributed by atoms with Crippen molar-refractivity contribution in [3.63, 3.8) is 0 Å². The summed E-state index contributed by atoms with van der Waals surface area (Å²) in [5, 5.41) is 10.6. The predicted molar refractivity (Wildman–Crippen MR) is 409 cm³/mol. The minimum absolute atomic E-state index is 0.0168. The lowest BCUT2D eigenvalue weighted by molar-refractivity contribution is -0.161. The maximum atomic E-state index is 13.1. The van der Waals surface area contributed by atoms with Gasteiger partial charge in [-0.25, -0.2) is 9.13 Å². The summed E-state index contributed by atoms with van der Waals surface area (Å²) in [6.07, 6.45) is 75.7. The van der Waals surface area contributed by atoms with Crippen molar-refractivity contribution in [2.75, 3.05) is 39.6 Å². The van der Waals surface area contributed by atoms with Gasteiger partial charge in [0, 0.05) is 25.7 Å². The molecule has 0 saturated heterocycles. The minimum Gasteiger partial charge on any atom is -0.462 e. The molecular formula is C81H144O17P2. The van der Waals surface area contributed by atoms with Crippen LogP contribution in [0.5, 0.6) is 0 Å². The molecule has 0 radical (unpaired) electrons. The molecule has 0 saturated carbocycles. The van der Waals surface area contributed by atoms with E-state index in [4.69, 9.17) is 37.0 Å². The molecule has 0 heterocycles. The summed E-state index contributed by atoms with van der Waals surface area (Å²) in [4.78, 5) is 72.9. The number of esters is 4. The van der Waals surface area contributed by atoms with Crippen LogP contribution in [0.4, 0.5) is 0 Å². The van der Waals surface area contributed by atoms with Crippen molar-refractivity contribution in [2.24, 2.45) is 0 Å². The van der Waals surface area contributed by atoms with Crippen molar-refractivity contribution in [3.8, 4) is 0 Å². The molecule has 0 aliphatic rings. The van der Waals surface area contributed by atoms with Gasteiger partial charge >= 0.3 is 39.5 Å². The van der Waals surface area contributed by atoms with E-state index < -0.39 is 97.5 Å². The van der Waals surface area contributed by atoms with Crippen LogP contribution in [-0.4, -0.2) is 96.7 Å². The minimum atomic E-state index is -4.99. The van der Waals surface area contributed by atoms with Gasteiger partial charge in [-0.05, 0) is 116 Å². The molecule has 580 valence electrons. The molecule has 17 nitrogen and oxygen atoms in total. The SMILES string of the molecule is CCCCC/C=C\C/C=C\C/C=C\C/C=C\CCCC(=O)O[C@H](COC(=O)CCCCCCC/C=C\C=C/CCCCCC)COP(=O)(O)OC[C@H](O)COP(=O)(O)OC[C@@H](COC(=O)CCCCCCCCCCCCCCC)OC(=O)CCCCCCC/C=C\CCCCCCCC. The van der Waals surface area contributed by atoms with Crippen LogP contribution in [0.15, 0.2) is 85.1 Å². The molecule has 100 heavy (non-hydrogen) atoms. The Labute approximate surface area is 608 Å². The molecule has 5 atom stereocenters. The van der Waals surface area contributed by atoms with Crippen LogP contribution >= 0.6 is 15.6 Å². The summed E-state index contributed by atoms with van der Waals surface area (Å²) < 4.78 is 68.5. The number of phosphoric acid groups is 2. The first-order valence-electron chi connectivity index (χ1n) is 39.8. The molecule has 0 spiro atoms. The standard InChI is InChI=1S/C81H144O17P2/c1-5-9-13-17-21-25-29-33-36-37-40-44-48-52-56-60-64-68-81(86)98-77(72-92-79(84)66-62-58-54-50-46-42-38-34-30-26-22-18-14-10-6-2)74-96-100(89,90)94-70-75(82)69-93-99(87,88)95-73-76(71-91-78(83)65-61-57-53-49-45-41-32-28-24-20-16-12-8-4)97-80(85)67-63-59-55-51-47-43-39-35-31-27-23-19-15-11-7-3/h21,25-26,30,33-36,38-40,44,52,56,75-77,82H,5-20,22-24,27-29,31-32,37,41-43,45-51,53-55,57-74H2,1-4H3,(H,87,88)(H,89,90)/b25-21-,30-26-,36-33-,38-34-,39-35-,44-40-,56-52-/t75-,76-,77-/m1/s1. The van der Waals surface area contributed by atoms with Crippen molar-refractivity contribution >= 4 is 39.5 Å². The van der Waals surface area contributed by atoms with Crippen LogP contribution < -0.4 is 0 Å². The molecule has 0 amide bonds.